The summed E-state index contributed by atoms with van der Waals surface area (Å²) >= 11 is 16.0. The van der Waals surface area contributed by atoms with Gasteiger partial charge in [-0.2, -0.15) is 4.98 Å². The van der Waals surface area contributed by atoms with Crippen LogP contribution >= 0.6 is 29.9 Å². The molecule has 0 amide bonds. The molecule has 2 aromatic rings. The largest absolute Gasteiger partial charge is 0.406 e. The van der Waals surface area contributed by atoms with Crippen LogP contribution in [0.4, 0.5) is 0 Å². The van der Waals surface area contributed by atoms with Gasteiger partial charge >= 0.3 is 6.72 Å². The molecular formula is C11H9Cl2N2O3PS. The second kappa shape index (κ2) is 6.35. The third-order valence-corrected chi connectivity index (χ3v) is 3.38. The van der Waals surface area contributed by atoms with E-state index in [9.17, 15) is 9.79 Å². The first kappa shape index (κ1) is 15.6. The van der Waals surface area contributed by atoms with Crippen LogP contribution in [0.15, 0.2) is 30.3 Å². The molecule has 2 N–H and O–H groups in total. The van der Waals surface area contributed by atoms with E-state index >= 15 is 0 Å². The molecule has 1 aromatic carbocycles. The summed E-state index contributed by atoms with van der Waals surface area (Å²) in [6, 6.07) is 8.24. The molecule has 0 atom stereocenters. The quantitative estimate of drug-likeness (QED) is 0.651. The minimum absolute atomic E-state index is 0.0334. The normalized spacial score (nSPS) is 11.4. The van der Waals surface area contributed by atoms with E-state index in [1.807, 2.05) is 0 Å². The van der Waals surface area contributed by atoms with Gasteiger partial charge in [0.1, 0.15) is 0 Å². The average Bonchev–Trinajstić information content (AvgIpc) is 2.37. The predicted molar refractivity (Wildman–Crippen MR) is 81.4 cm³/mol. The SMILES string of the molecule is OP(O)(=S)Oc1cc(CCl)nc(-c2ccc(Cl)cc2)n1. The van der Waals surface area contributed by atoms with Gasteiger partial charge in [-0.1, -0.05) is 11.6 Å². The highest BCUT2D eigenvalue weighted by atomic mass is 35.5. The number of hydrogen-bond acceptors (Lipinski definition) is 4. The number of rotatable bonds is 4. The van der Waals surface area contributed by atoms with E-state index in [-0.39, 0.29) is 11.8 Å². The van der Waals surface area contributed by atoms with Crippen LogP contribution in [0.3, 0.4) is 0 Å². The van der Waals surface area contributed by atoms with Gasteiger partial charge in [-0.25, -0.2) is 4.98 Å². The summed E-state index contributed by atoms with van der Waals surface area (Å²) in [6.07, 6.45) is 0. The molecule has 0 saturated heterocycles. The van der Waals surface area contributed by atoms with Crippen molar-refractivity contribution in [3.05, 3.63) is 41.0 Å². The summed E-state index contributed by atoms with van der Waals surface area (Å²) in [5.74, 6) is 0.423. The number of hydrogen-bond donors (Lipinski definition) is 2. The number of aromatic nitrogens is 2. The lowest BCUT2D eigenvalue weighted by molar-refractivity contribution is 0.364. The van der Waals surface area contributed by atoms with E-state index in [1.54, 1.807) is 24.3 Å². The van der Waals surface area contributed by atoms with Gasteiger partial charge in [-0.15, -0.1) is 11.6 Å². The summed E-state index contributed by atoms with van der Waals surface area (Å²) in [7, 11) is 0. The maximum atomic E-state index is 9.18. The van der Waals surface area contributed by atoms with Gasteiger partial charge in [0.15, 0.2) is 5.82 Å². The van der Waals surface area contributed by atoms with Crippen molar-refractivity contribution in [1.82, 2.24) is 9.97 Å². The van der Waals surface area contributed by atoms with Crippen molar-refractivity contribution in [3.63, 3.8) is 0 Å². The predicted octanol–water partition coefficient (Wildman–Crippen LogP) is 3.12. The molecule has 0 saturated carbocycles. The lowest BCUT2D eigenvalue weighted by Crippen LogP contribution is -1.99. The fourth-order valence-corrected chi connectivity index (χ4v) is 2.27. The first-order chi connectivity index (χ1) is 9.37. The summed E-state index contributed by atoms with van der Waals surface area (Å²) in [5.41, 5.74) is 1.17. The van der Waals surface area contributed by atoms with Gasteiger partial charge in [0.05, 0.1) is 11.6 Å². The molecular weight excluding hydrogens is 342 g/mol. The van der Waals surface area contributed by atoms with Crippen LogP contribution in [0.1, 0.15) is 5.69 Å². The Balaban J connectivity index is 2.45. The number of benzene rings is 1. The monoisotopic (exact) mass is 350 g/mol. The molecule has 20 heavy (non-hydrogen) atoms. The molecule has 5 nitrogen and oxygen atoms in total. The lowest BCUT2D eigenvalue weighted by atomic mass is 10.2. The molecule has 0 bridgehead atoms. The molecule has 1 heterocycles. The molecule has 0 fully saturated rings. The molecule has 1 aromatic heterocycles. The fourth-order valence-electron chi connectivity index (χ4n) is 1.44. The molecule has 0 aliphatic rings. The van der Waals surface area contributed by atoms with Crippen molar-refractivity contribution in [3.8, 4) is 17.3 Å². The molecule has 2 rings (SSSR count). The van der Waals surface area contributed by atoms with Crippen molar-refractivity contribution in [2.24, 2.45) is 0 Å². The topological polar surface area (TPSA) is 75.5 Å². The Morgan fingerprint density at radius 1 is 1.20 bits per heavy atom. The maximum Gasteiger partial charge on any atom is 0.376 e. The Morgan fingerprint density at radius 3 is 2.40 bits per heavy atom. The molecule has 0 aliphatic heterocycles. The molecule has 0 aliphatic carbocycles. The highest BCUT2D eigenvalue weighted by molar-refractivity contribution is 8.06. The van der Waals surface area contributed by atoms with E-state index in [0.717, 1.165) is 0 Å². The lowest BCUT2D eigenvalue weighted by Gasteiger charge is -2.11. The minimum Gasteiger partial charge on any atom is -0.406 e. The van der Waals surface area contributed by atoms with Crippen LogP contribution in [-0.2, 0) is 17.7 Å². The van der Waals surface area contributed by atoms with E-state index < -0.39 is 6.72 Å². The number of nitrogens with zero attached hydrogens (tertiary/aromatic N) is 2. The van der Waals surface area contributed by atoms with Gasteiger partial charge < -0.3 is 14.3 Å². The highest BCUT2D eigenvalue weighted by Crippen LogP contribution is 2.37. The Hall–Kier alpha value is -0.750. The molecule has 0 unspecified atom stereocenters. The van der Waals surface area contributed by atoms with Gasteiger partial charge in [0, 0.05) is 28.5 Å². The Bertz CT molecular complexity index is 663. The summed E-state index contributed by atoms with van der Waals surface area (Å²) < 4.78 is 4.83. The van der Waals surface area contributed by atoms with Crippen molar-refractivity contribution in [2.45, 2.75) is 5.88 Å². The average molecular weight is 351 g/mol. The van der Waals surface area contributed by atoms with Gasteiger partial charge in [0.25, 0.3) is 0 Å². The fraction of sp³-hybridized carbons (Fsp3) is 0.0909. The molecule has 0 spiro atoms. The summed E-state index contributed by atoms with van der Waals surface area (Å²) in [4.78, 5) is 26.7. The molecule has 9 heteroatoms. The zero-order valence-corrected chi connectivity index (χ0v) is 13.1. The summed E-state index contributed by atoms with van der Waals surface area (Å²) in [5, 5.41) is 0.583. The smallest absolute Gasteiger partial charge is 0.376 e. The zero-order valence-electron chi connectivity index (χ0n) is 9.90. The van der Waals surface area contributed by atoms with Crippen LogP contribution in [-0.4, -0.2) is 19.8 Å². The van der Waals surface area contributed by atoms with Crippen molar-refractivity contribution < 1.29 is 14.3 Å². The molecule has 0 radical (unpaired) electrons. The van der Waals surface area contributed by atoms with Crippen molar-refractivity contribution >= 4 is 41.7 Å². The van der Waals surface area contributed by atoms with Crippen LogP contribution in [0.25, 0.3) is 11.4 Å². The van der Waals surface area contributed by atoms with Crippen molar-refractivity contribution in [1.29, 1.82) is 0 Å². The van der Waals surface area contributed by atoms with Crippen LogP contribution in [0.5, 0.6) is 5.88 Å². The standard InChI is InChI=1S/C11H9Cl2N2O3PS/c12-6-9-5-10(18-19(16,17)20)15-11(14-9)7-1-3-8(13)4-2-7/h1-5H,6H2,(H2,16,17,20). The zero-order chi connectivity index (χ0) is 14.8. The Kier molecular flexibility index (Phi) is 4.96. The molecule has 106 valence electrons. The first-order valence-electron chi connectivity index (χ1n) is 5.32. The van der Waals surface area contributed by atoms with Gasteiger partial charge in [-0.3, -0.25) is 0 Å². The van der Waals surface area contributed by atoms with Crippen LogP contribution in [0.2, 0.25) is 5.02 Å². The van der Waals surface area contributed by atoms with Crippen LogP contribution < -0.4 is 4.52 Å². The minimum atomic E-state index is -3.86. The van der Waals surface area contributed by atoms with Gasteiger partial charge in [0.2, 0.25) is 5.88 Å². The summed E-state index contributed by atoms with van der Waals surface area (Å²) in [6.45, 7) is -3.86. The second-order valence-electron chi connectivity index (χ2n) is 3.74. The maximum absolute atomic E-state index is 9.18. The Labute approximate surface area is 130 Å². The highest BCUT2D eigenvalue weighted by Gasteiger charge is 2.14. The first-order valence-corrected chi connectivity index (χ1v) is 8.86. The van der Waals surface area contributed by atoms with E-state index in [1.165, 1.54) is 6.07 Å². The van der Waals surface area contributed by atoms with E-state index in [4.69, 9.17) is 27.7 Å². The van der Waals surface area contributed by atoms with Crippen molar-refractivity contribution in [2.75, 3.05) is 0 Å². The third kappa shape index (κ3) is 4.38. The van der Waals surface area contributed by atoms with Crippen LogP contribution in [0, 0.1) is 0 Å². The van der Waals surface area contributed by atoms with E-state index in [0.29, 0.717) is 22.1 Å². The number of halogens is 2. The van der Waals surface area contributed by atoms with Gasteiger partial charge in [-0.05, 0) is 24.3 Å². The number of alkyl halides is 1. The Morgan fingerprint density at radius 2 is 1.85 bits per heavy atom. The second-order valence-corrected chi connectivity index (χ2v) is 7.04. The van der Waals surface area contributed by atoms with E-state index in [2.05, 4.69) is 21.8 Å². The third-order valence-electron chi connectivity index (χ3n) is 2.21.